The van der Waals surface area contributed by atoms with Gasteiger partial charge in [-0.3, -0.25) is 9.69 Å². The normalized spacial score (nSPS) is 28.9. The highest BCUT2D eigenvalue weighted by Gasteiger charge is 2.48. The Labute approximate surface area is 109 Å². The molecule has 1 aliphatic carbocycles. The number of carboxylic acid groups (broad SMARTS) is 1. The predicted molar refractivity (Wildman–Crippen MR) is 69.6 cm³/mol. The highest BCUT2D eigenvalue weighted by Crippen LogP contribution is 2.41. The van der Waals surface area contributed by atoms with E-state index in [1.807, 2.05) is 0 Å². The van der Waals surface area contributed by atoms with Gasteiger partial charge in [-0.1, -0.05) is 12.8 Å². The molecule has 3 aliphatic rings. The molecule has 2 heterocycles. The van der Waals surface area contributed by atoms with Gasteiger partial charge in [0.05, 0.1) is 6.42 Å². The lowest BCUT2D eigenvalue weighted by Crippen LogP contribution is -2.58. The lowest BCUT2D eigenvalue weighted by atomic mass is 9.79. The number of carbonyl (C=O) groups is 1. The zero-order valence-corrected chi connectivity index (χ0v) is 11.1. The van der Waals surface area contributed by atoms with Crippen molar-refractivity contribution in [2.45, 2.75) is 44.6 Å². The molecule has 0 aromatic rings. The van der Waals surface area contributed by atoms with Crippen molar-refractivity contribution in [1.29, 1.82) is 0 Å². The molecule has 0 unspecified atom stereocenters. The minimum Gasteiger partial charge on any atom is -0.481 e. The summed E-state index contributed by atoms with van der Waals surface area (Å²) in [6, 6.07) is 0.859. The van der Waals surface area contributed by atoms with Crippen LogP contribution in [0.4, 0.5) is 0 Å². The first-order valence-electron chi connectivity index (χ1n) is 7.35. The molecule has 102 valence electrons. The highest BCUT2D eigenvalue weighted by atomic mass is 16.4. The summed E-state index contributed by atoms with van der Waals surface area (Å²) in [7, 11) is 0. The van der Waals surface area contributed by atoms with Crippen LogP contribution in [0.2, 0.25) is 0 Å². The van der Waals surface area contributed by atoms with E-state index in [9.17, 15) is 4.79 Å². The molecule has 0 amide bonds. The first-order chi connectivity index (χ1) is 8.67. The zero-order valence-electron chi connectivity index (χ0n) is 11.1. The maximum atomic E-state index is 10.5. The van der Waals surface area contributed by atoms with Crippen molar-refractivity contribution < 1.29 is 9.90 Å². The number of rotatable bonds is 4. The Balaban J connectivity index is 1.44. The molecule has 4 heteroatoms. The second-order valence-electron chi connectivity index (χ2n) is 6.51. The minimum atomic E-state index is -0.671. The van der Waals surface area contributed by atoms with Crippen molar-refractivity contribution in [3.8, 4) is 0 Å². The summed E-state index contributed by atoms with van der Waals surface area (Å²) in [5, 5.41) is 8.69. The zero-order chi connectivity index (χ0) is 12.6. The minimum absolute atomic E-state index is 0.294. The van der Waals surface area contributed by atoms with Gasteiger partial charge < -0.3 is 10.0 Å². The van der Waals surface area contributed by atoms with Crippen LogP contribution in [-0.2, 0) is 4.79 Å². The number of aliphatic carboxylic acids is 1. The van der Waals surface area contributed by atoms with Crippen LogP contribution < -0.4 is 0 Å². The first kappa shape index (κ1) is 12.4. The quantitative estimate of drug-likeness (QED) is 0.821. The second kappa shape index (κ2) is 4.82. The van der Waals surface area contributed by atoms with E-state index in [0.717, 1.165) is 25.7 Å². The lowest BCUT2D eigenvalue weighted by Gasteiger charge is -2.48. The van der Waals surface area contributed by atoms with Gasteiger partial charge in [0.2, 0.25) is 0 Å². The molecule has 1 N–H and O–H groups in total. The topological polar surface area (TPSA) is 43.8 Å². The Hall–Kier alpha value is -0.610. The summed E-state index contributed by atoms with van der Waals surface area (Å²) in [5.74, 6) is -0.671. The third-order valence-corrected chi connectivity index (χ3v) is 5.07. The molecular weight excluding hydrogens is 228 g/mol. The highest BCUT2D eigenvalue weighted by molar-refractivity contribution is 5.66. The van der Waals surface area contributed by atoms with Gasteiger partial charge in [0.1, 0.15) is 0 Å². The summed E-state index contributed by atoms with van der Waals surface area (Å²) in [4.78, 5) is 15.6. The number of nitrogens with zero attached hydrogens (tertiary/aromatic N) is 2. The number of hydrogen-bond acceptors (Lipinski definition) is 3. The summed E-state index contributed by atoms with van der Waals surface area (Å²) in [5.41, 5.74) is 0.515. The van der Waals surface area contributed by atoms with Crippen LogP contribution in [0.15, 0.2) is 0 Å². The summed E-state index contributed by atoms with van der Waals surface area (Å²) in [6.45, 7) is 5.53. The van der Waals surface area contributed by atoms with E-state index in [2.05, 4.69) is 9.80 Å². The fourth-order valence-electron chi connectivity index (χ4n) is 4.12. The smallest absolute Gasteiger partial charge is 0.304 e. The van der Waals surface area contributed by atoms with Crippen LogP contribution >= 0.6 is 0 Å². The Morgan fingerprint density at radius 1 is 1.22 bits per heavy atom. The predicted octanol–water partition coefficient (Wildman–Crippen LogP) is 1.41. The standard InChI is InChI=1S/C14H24N2O2/c17-13(18)5-7-15-9-14(10-15)6-8-16(11-14)12-3-1-2-4-12/h12H,1-11H2,(H,17,18). The second-order valence-corrected chi connectivity index (χ2v) is 6.51. The van der Waals surface area contributed by atoms with Gasteiger partial charge in [0.25, 0.3) is 0 Å². The van der Waals surface area contributed by atoms with Crippen LogP contribution in [0.1, 0.15) is 38.5 Å². The molecule has 1 spiro atoms. The largest absolute Gasteiger partial charge is 0.481 e. The summed E-state index contributed by atoms with van der Waals surface area (Å²) < 4.78 is 0. The van der Waals surface area contributed by atoms with Gasteiger partial charge in [-0.15, -0.1) is 0 Å². The molecule has 0 aromatic carbocycles. The van der Waals surface area contributed by atoms with Crippen molar-refractivity contribution in [2.75, 3.05) is 32.7 Å². The van der Waals surface area contributed by atoms with E-state index in [0.29, 0.717) is 11.8 Å². The molecule has 3 rings (SSSR count). The van der Waals surface area contributed by atoms with E-state index < -0.39 is 5.97 Å². The lowest BCUT2D eigenvalue weighted by molar-refractivity contribution is -0.138. The Kier molecular flexibility index (Phi) is 3.32. The van der Waals surface area contributed by atoms with Gasteiger partial charge in [-0.05, 0) is 25.8 Å². The van der Waals surface area contributed by atoms with Gasteiger partial charge >= 0.3 is 5.97 Å². The molecule has 4 nitrogen and oxygen atoms in total. The fraction of sp³-hybridized carbons (Fsp3) is 0.929. The van der Waals surface area contributed by atoms with Crippen molar-refractivity contribution in [1.82, 2.24) is 9.80 Å². The third kappa shape index (κ3) is 2.41. The SMILES string of the molecule is O=C(O)CCN1CC2(CCN(C3CCCC3)C2)C1. The molecule has 2 aliphatic heterocycles. The summed E-state index contributed by atoms with van der Waals surface area (Å²) >= 11 is 0. The maximum absolute atomic E-state index is 10.5. The van der Waals surface area contributed by atoms with Crippen LogP contribution in [0.5, 0.6) is 0 Å². The molecule has 3 fully saturated rings. The molecule has 2 saturated heterocycles. The van der Waals surface area contributed by atoms with Crippen molar-refractivity contribution >= 4 is 5.97 Å². The van der Waals surface area contributed by atoms with Crippen LogP contribution in [-0.4, -0.2) is 59.6 Å². The molecule has 0 aromatic heterocycles. The number of hydrogen-bond donors (Lipinski definition) is 1. The molecule has 0 radical (unpaired) electrons. The van der Waals surface area contributed by atoms with Crippen LogP contribution in [0.25, 0.3) is 0 Å². The Morgan fingerprint density at radius 3 is 2.61 bits per heavy atom. The molecule has 0 atom stereocenters. The molecular formula is C14H24N2O2. The molecule has 0 bridgehead atoms. The van der Waals surface area contributed by atoms with E-state index in [-0.39, 0.29) is 0 Å². The van der Waals surface area contributed by atoms with Gasteiger partial charge in [0.15, 0.2) is 0 Å². The average Bonchev–Trinajstić information content (AvgIpc) is 2.93. The molecule has 1 saturated carbocycles. The van der Waals surface area contributed by atoms with E-state index in [1.165, 1.54) is 45.2 Å². The average molecular weight is 252 g/mol. The molecule has 18 heavy (non-hydrogen) atoms. The van der Waals surface area contributed by atoms with Gasteiger partial charge in [0, 0.05) is 37.6 Å². The van der Waals surface area contributed by atoms with Gasteiger partial charge in [-0.2, -0.15) is 0 Å². The first-order valence-corrected chi connectivity index (χ1v) is 7.35. The van der Waals surface area contributed by atoms with Crippen molar-refractivity contribution in [2.24, 2.45) is 5.41 Å². The van der Waals surface area contributed by atoms with Crippen molar-refractivity contribution in [3.05, 3.63) is 0 Å². The van der Waals surface area contributed by atoms with E-state index in [4.69, 9.17) is 5.11 Å². The number of carboxylic acids is 1. The third-order valence-electron chi connectivity index (χ3n) is 5.07. The van der Waals surface area contributed by atoms with Gasteiger partial charge in [-0.25, -0.2) is 0 Å². The number of likely N-dealkylation sites (tertiary alicyclic amines) is 2. The van der Waals surface area contributed by atoms with Crippen LogP contribution in [0.3, 0.4) is 0 Å². The maximum Gasteiger partial charge on any atom is 0.304 e. The Bertz CT molecular complexity index is 320. The van der Waals surface area contributed by atoms with E-state index >= 15 is 0 Å². The Morgan fingerprint density at radius 2 is 1.94 bits per heavy atom. The monoisotopic (exact) mass is 252 g/mol. The van der Waals surface area contributed by atoms with E-state index in [1.54, 1.807) is 0 Å². The fourth-order valence-corrected chi connectivity index (χ4v) is 4.12. The van der Waals surface area contributed by atoms with Crippen molar-refractivity contribution in [3.63, 3.8) is 0 Å². The van der Waals surface area contributed by atoms with Crippen LogP contribution in [0, 0.1) is 5.41 Å². The summed E-state index contributed by atoms with van der Waals surface area (Å²) in [6.07, 6.45) is 7.25.